The number of hydrogen-bond acceptors (Lipinski definition) is 3. The second-order valence-corrected chi connectivity index (χ2v) is 4.67. The van der Waals surface area contributed by atoms with Crippen LogP contribution in [0.15, 0.2) is 18.5 Å². The average Bonchev–Trinajstić information content (AvgIpc) is 2.53. The van der Waals surface area contributed by atoms with E-state index >= 15 is 0 Å². The summed E-state index contributed by atoms with van der Waals surface area (Å²) in [6, 6.07) is 1.17. The van der Waals surface area contributed by atoms with E-state index in [4.69, 9.17) is 0 Å². The Hall–Kier alpha value is -1.39. The molecule has 0 saturated carbocycles. The van der Waals surface area contributed by atoms with Crippen molar-refractivity contribution in [2.45, 2.75) is 12.7 Å². The van der Waals surface area contributed by atoms with Crippen LogP contribution in [0.1, 0.15) is 0 Å². The van der Waals surface area contributed by atoms with Crippen molar-refractivity contribution < 1.29 is 18.1 Å². The number of hydrogen-bond donors (Lipinski definition) is 0. The molecule has 9 heteroatoms. The Morgan fingerprint density at radius 2 is 2.17 bits per heavy atom. The molecule has 0 fully saturated rings. The number of fused-ring (bicyclic) bond motifs is 1. The molecule has 18 heavy (non-hydrogen) atoms. The van der Waals surface area contributed by atoms with E-state index in [2.05, 4.69) is 4.98 Å². The summed E-state index contributed by atoms with van der Waals surface area (Å²) in [4.78, 5) is 14.0. The van der Waals surface area contributed by atoms with E-state index in [1.54, 1.807) is 22.6 Å². The van der Waals surface area contributed by atoms with Gasteiger partial charge in [-0.25, -0.2) is 4.98 Å². The zero-order chi connectivity index (χ0) is 13.5. The van der Waals surface area contributed by atoms with Crippen molar-refractivity contribution in [2.75, 3.05) is 0 Å². The number of halogens is 4. The van der Waals surface area contributed by atoms with E-state index < -0.39 is 17.6 Å². The molecule has 2 heterocycles. The van der Waals surface area contributed by atoms with Gasteiger partial charge in [-0.15, -0.1) is 0 Å². The third kappa shape index (κ3) is 2.40. The van der Waals surface area contributed by atoms with Crippen LogP contribution in [-0.4, -0.2) is 20.7 Å². The fourth-order valence-corrected chi connectivity index (χ4v) is 2.47. The van der Waals surface area contributed by atoms with Crippen LogP contribution >= 0.6 is 22.6 Å². The van der Waals surface area contributed by atoms with Crippen molar-refractivity contribution in [3.63, 3.8) is 0 Å². The summed E-state index contributed by atoms with van der Waals surface area (Å²) in [6.45, 7) is -1.22. The van der Waals surface area contributed by atoms with Gasteiger partial charge in [-0.2, -0.15) is 13.2 Å². The zero-order valence-corrected chi connectivity index (χ0v) is 10.8. The van der Waals surface area contributed by atoms with Gasteiger partial charge in [0.2, 0.25) is 0 Å². The van der Waals surface area contributed by atoms with Gasteiger partial charge in [0.1, 0.15) is 17.6 Å². The maximum Gasteiger partial charge on any atom is 0.406 e. The Balaban J connectivity index is 2.66. The Labute approximate surface area is 112 Å². The summed E-state index contributed by atoms with van der Waals surface area (Å²) >= 11 is 1.76. The van der Waals surface area contributed by atoms with Crippen molar-refractivity contribution in [1.29, 1.82) is 0 Å². The number of aromatic nitrogens is 2. The lowest BCUT2D eigenvalue weighted by Gasteiger charge is -2.07. The molecule has 2 rings (SSSR count). The molecular formula is C9H5F3IN3O2. The molecule has 0 aliphatic rings. The van der Waals surface area contributed by atoms with Crippen LogP contribution in [0.3, 0.4) is 0 Å². The molecule has 0 spiro atoms. The van der Waals surface area contributed by atoms with Crippen LogP contribution < -0.4 is 0 Å². The second-order valence-electron chi connectivity index (χ2n) is 3.51. The molecule has 96 valence electrons. The molecule has 0 radical (unpaired) electrons. The molecule has 0 aromatic carbocycles. The molecule has 2 aromatic rings. The summed E-state index contributed by atoms with van der Waals surface area (Å²) in [7, 11) is 0. The predicted octanol–water partition coefficient (Wildman–Crippen LogP) is 3.11. The Bertz CT molecular complexity index is 623. The van der Waals surface area contributed by atoms with Crippen LogP contribution in [0, 0.1) is 13.7 Å². The maximum atomic E-state index is 12.4. The van der Waals surface area contributed by atoms with Gasteiger partial charge in [0.05, 0.1) is 4.92 Å². The van der Waals surface area contributed by atoms with Crippen molar-refractivity contribution in [1.82, 2.24) is 9.55 Å². The Morgan fingerprint density at radius 1 is 1.50 bits per heavy atom. The molecule has 5 nitrogen and oxygen atoms in total. The molecular weight excluding hydrogens is 366 g/mol. The highest BCUT2D eigenvalue weighted by Crippen LogP contribution is 2.31. The van der Waals surface area contributed by atoms with Gasteiger partial charge >= 0.3 is 6.18 Å². The minimum Gasteiger partial charge on any atom is -0.322 e. The first-order chi connectivity index (χ1) is 8.29. The lowest BCUT2D eigenvalue weighted by molar-refractivity contribution is -0.383. The van der Waals surface area contributed by atoms with Gasteiger partial charge in [-0.3, -0.25) is 10.1 Å². The second kappa shape index (κ2) is 4.37. The summed E-state index contributed by atoms with van der Waals surface area (Å²) < 4.78 is 38.3. The summed E-state index contributed by atoms with van der Waals surface area (Å²) in [5, 5.41) is 10.9. The van der Waals surface area contributed by atoms with Crippen LogP contribution in [0.4, 0.5) is 18.9 Å². The van der Waals surface area contributed by atoms with E-state index in [1.165, 1.54) is 12.3 Å². The highest BCUT2D eigenvalue weighted by molar-refractivity contribution is 14.1. The zero-order valence-electron chi connectivity index (χ0n) is 8.61. The monoisotopic (exact) mass is 371 g/mol. The van der Waals surface area contributed by atoms with Gasteiger partial charge in [0.15, 0.2) is 0 Å². The van der Waals surface area contributed by atoms with E-state index in [0.717, 1.165) is 10.8 Å². The van der Waals surface area contributed by atoms with Crippen LogP contribution in [0.5, 0.6) is 0 Å². The van der Waals surface area contributed by atoms with Crippen molar-refractivity contribution in [3.8, 4) is 0 Å². The van der Waals surface area contributed by atoms with E-state index in [9.17, 15) is 23.3 Å². The molecule has 2 aromatic heterocycles. The van der Waals surface area contributed by atoms with Crippen molar-refractivity contribution >= 4 is 39.3 Å². The van der Waals surface area contributed by atoms with E-state index in [1.807, 2.05) is 0 Å². The first-order valence-corrected chi connectivity index (χ1v) is 5.72. The quantitative estimate of drug-likeness (QED) is 0.463. The molecule has 0 bridgehead atoms. The molecule has 0 saturated heterocycles. The Kier molecular flexibility index (Phi) is 3.17. The normalized spacial score (nSPS) is 12.0. The topological polar surface area (TPSA) is 61.0 Å². The Morgan fingerprint density at radius 3 is 2.72 bits per heavy atom. The average molecular weight is 371 g/mol. The molecule has 0 amide bonds. The first kappa shape index (κ1) is 13.1. The van der Waals surface area contributed by atoms with Gasteiger partial charge in [0.25, 0.3) is 5.69 Å². The molecule has 0 N–H and O–H groups in total. The van der Waals surface area contributed by atoms with Crippen molar-refractivity contribution in [3.05, 3.63) is 32.1 Å². The predicted molar refractivity (Wildman–Crippen MR) is 65.2 cm³/mol. The third-order valence-corrected chi connectivity index (χ3v) is 3.05. The minimum absolute atomic E-state index is 0.0362. The van der Waals surface area contributed by atoms with Gasteiger partial charge in [-0.05, 0) is 22.6 Å². The van der Waals surface area contributed by atoms with E-state index in [0.29, 0.717) is 3.57 Å². The fourth-order valence-electron chi connectivity index (χ4n) is 1.62. The number of nitrogens with zero attached hydrogens (tertiary/aromatic N) is 3. The van der Waals surface area contributed by atoms with Crippen LogP contribution in [-0.2, 0) is 6.54 Å². The summed E-state index contributed by atoms with van der Waals surface area (Å²) in [5.74, 6) is 0. The molecule has 0 atom stereocenters. The van der Waals surface area contributed by atoms with Gasteiger partial charge in [0, 0.05) is 22.0 Å². The lowest BCUT2D eigenvalue weighted by atomic mass is 10.3. The van der Waals surface area contributed by atoms with Gasteiger partial charge < -0.3 is 4.57 Å². The number of rotatable bonds is 2. The van der Waals surface area contributed by atoms with E-state index in [-0.39, 0.29) is 16.7 Å². The van der Waals surface area contributed by atoms with Crippen LogP contribution in [0.25, 0.3) is 11.0 Å². The minimum atomic E-state index is -4.40. The van der Waals surface area contributed by atoms with Crippen LogP contribution in [0.2, 0.25) is 0 Å². The number of alkyl halides is 3. The third-order valence-electron chi connectivity index (χ3n) is 2.24. The summed E-state index contributed by atoms with van der Waals surface area (Å²) in [5.41, 5.74) is -0.281. The highest BCUT2D eigenvalue weighted by Gasteiger charge is 2.30. The number of nitro groups is 1. The van der Waals surface area contributed by atoms with Crippen molar-refractivity contribution in [2.24, 2.45) is 0 Å². The largest absolute Gasteiger partial charge is 0.406 e. The molecule has 0 aliphatic carbocycles. The summed E-state index contributed by atoms with van der Waals surface area (Å²) in [6.07, 6.45) is -2.07. The van der Waals surface area contributed by atoms with Gasteiger partial charge in [-0.1, -0.05) is 0 Å². The number of pyridine rings is 1. The maximum absolute atomic E-state index is 12.4. The lowest BCUT2D eigenvalue weighted by Crippen LogP contribution is -2.17. The molecule has 0 unspecified atom stereocenters. The first-order valence-electron chi connectivity index (χ1n) is 4.64. The highest BCUT2D eigenvalue weighted by atomic mass is 127. The smallest absolute Gasteiger partial charge is 0.322 e. The standard InChI is InChI=1S/C9H5F3IN3O2/c10-9(11,12)4-15-3-5(13)7-6(16(17)18)1-2-14-8(7)15/h1-3H,4H2. The SMILES string of the molecule is O=[N+]([O-])c1ccnc2c1c(I)cn2CC(F)(F)F. The molecule has 0 aliphatic heterocycles. The fraction of sp³-hybridized carbons (Fsp3) is 0.222.